The third-order valence-corrected chi connectivity index (χ3v) is 2.76. The number of hydrogen-bond donors (Lipinski definition) is 2. The Bertz CT molecular complexity index is 646. The number of nitrogens with one attached hydrogen (secondary N) is 1. The summed E-state index contributed by atoms with van der Waals surface area (Å²) in [6.07, 6.45) is 1.68. The van der Waals surface area contributed by atoms with Crippen molar-refractivity contribution in [3.8, 4) is 11.8 Å². The zero-order chi connectivity index (χ0) is 13.8. The summed E-state index contributed by atoms with van der Waals surface area (Å²) >= 11 is 0. The van der Waals surface area contributed by atoms with Crippen molar-refractivity contribution in [2.24, 2.45) is 0 Å². The van der Waals surface area contributed by atoms with Gasteiger partial charge in [0.05, 0.1) is 12.7 Å². The predicted octanol–water partition coefficient (Wildman–Crippen LogP) is 2.60. The summed E-state index contributed by atoms with van der Waals surface area (Å²) in [5.41, 5.74) is 8.46. The van der Waals surface area contributed by atoms with Gasteiger partial charge in [0.25, 0.3) is 0 Å². The number of para-hydroxylation sites is 1. The van der Waals surface area contributed by atoms with E-state index in [1.165, 1.54) is 0 Å². The summed E-state index contributed by atoms with van der Waals surface area (Å²) in [4.78, 5) is 4.23. The molecular weight excluding hydrogens is 240 g/mol. The van der Waals surface area contributed by atoms with Gasteiger partial charge in [-0.25, -0.2) is 4.98 Å². The first kappa shape index (κ1) is 12.7. The molecule has 19 heavy (non-hydrogen) atoms. The average Bonchev–Trinajstić information content (AvgIpc) is 2.43. The maximum atomic E-state index is 9.12. The molecule has 0 bridgehead atoms. The number of aromatic nitrogens is 1. The molecule has 0 aliphatic heterocycles. The molecule has 0 amide bonds. The van der Waals surface area contributed by atoms with E-state index in [2.05, 4.69) is 16.4 Å². The predicted molar refractivity (Wildman–Crippen MR) is 74.4 cm³/mol. The van der Waals surface area contributed by atoms with E-state index in [9.17, 15) is 0 Å². The number of nitrogen functional groups attached to an aromatic ring is 1. The van der Waals surface area contributed by atoms with E-state index in [0.29, 0.717) is 28.5 Å². The Kier molecular flexibility index (Phi) is 3.53. The van der Waals surface area contributed by atoms with Gasteiger partial charge in [-0.3, -0.25) is 0 Å². The summed E-state index contributed by atoms with van der Waals surface area (Å²) in [5.74, 6) is 1.16. The monoisotopic (exact) mass is 254 g/mol. The minimum Gasteiger partial charge on any atom is -0.495 e. The fraction of sp³-hybridized carbons (Fsp3) is 0.143. The largest absolute Gasteiger partial charge is 0.495 e. The molecule has 0 aliphatic rings. The quantitative estimate of drug-likeness (QED) is 0.879. The Hall–Kier alpha value is -2.74. The minimum absolute atomic E-state index is 0.486. The van der Waals surface area contributed by atoms with Gasteiger partial charge >= 0.3 is 0 Å². The molecule has 0 unspecified atom stereocenters. The molecule has 96 valence electrons. The summed E-state index contributed by atoms with van der Waals surface area (Å²) in [5, 5.41) is 12.2. The van der Waals surface area contributed by atoms with E-state index >= 15 is 0 Å². The summed E-state index contributed by atoms with van der Waals surface area (Å²) in [6, 6.07) is 9.09. The first-order chi connectivity index (χ1) is 9.15. The van der Waals surface area contributed by atoms with Crippen LogP contribution in [-0.2, 0) is 0 Å². The Labute approximate surface area is 111 Å². The third-order valence-electron chi connectivity index (χ3n) is 2.76. The van der Waals surface area contributed by atoms with Crippen LogP contribution < -0.4 is 15.8 Å². The van der Waals surface area contributed by atoms with Crippen molar-refractivity contribution in [3.63, 3.8) is 0 Å². The van der Waals surface area contributed by atoms with Crippen molar-refractivity contribution in [2.45, 2.75) is 6.92 Å². The fourth-order valence-corrected chi connectivity index (χ4v) is 1.66. The van der Waals surface area contributed by atoms with Gasteiger partial charge in [0.15, 0.2) is 0 Å². The Morgan fingerprint density at radius 2 is 2.21 bits per heavy atom. The Balaban J connectivity index is 2.42. The smallest absolute Gasteiger partial charge is 0.143 e. The lowest BCUT2D eigenvalue weighted by molar-refractivity contribution is 0.416. The van der Waals surface area contributed by atoms with Gasteiger partial charge in [-0.05, 0) is 24.6 Å². The molecule has 0 saturated carbocycles. The fourth-order valence-electron chi connectivity index (χ4n) is 1.66. The van der Waals surface area contributed by atoms with Gasteiger partial charge < -0.3 is 15.8 Å². The first-order valence-corrected chi connectivity index (χ1v) is 5.72. The zero-order valence-corrected chi connectivity index (χ0v) is 10.8. The molecule has 1 aromatic carbocycles. The van der Waals surface area contributed by atoms with E-state index in [1.54, 1.807) is 37.6 Å². The highest BCUT2D eigenvalue weighted by molar-refractivity contribution is 5.72. The maximum Gasteiger partial charge on any atom is 0.143 e. The molecule has 0 atom stereocenters. The second-order valence-corrected chi connectivity index (χ2v) is 4.05. The molecule has 1 aromatic heterocycles. The molecule has 0 saturated heterocycles. The Morgan fingerprint density at radius 1 is 1.42 bits per heavy atom. The number of aryl methyl sites for hydroxylation is 1. The van der Waals surface area contributed by atoms with E-state index in [1.807, 2.05) is 6.92 Å². The minimum atomic E-state index is 0.486. The first-order valence-electron chi connectivity index (χ1n) is 5.72. The molecule has 1 heterocycles. The van der Waals surface area contributed by atoms with Crippen LogP contribution in [0.15, 0.2) is 30.5 Å². The molecule has 3 N–H and O–H groups in total. The van der Waals surface area contributed by atoms with Gasteiger partial charge in [-0.1, -0.05) is 6.07 Å². The van der Waals surface area contributed by atoms with Crippen molar-refractivity contribution < 1.29 is 4.74 Å². The van der Waals surface area contributed by atoms with Crippen molar-refractivity contribution in [3.05, 3.63) is 41.6 Å². The van der Waals surface area contributed by atoms with Crippen LogP contribution >= 0.6 is 0 Å². The van der Waals surface area contributed by atoms with Crippen LogP contribution in [0.4, 0.5) is 17.2 Å². The van der Waals surface area contributed by atoms with E-state index in [0.717, 1.165) is 5.56 Å². The van der Waals surface area contributed by atoms with E-state index in [-0.39, 0.29) is 0 Å². The number of nitriles is 1. The van der Waals surface area contributed by atoms with Crippen molar-refractivity contribution in [1.82, 2.24) is 4.98 Å². The molecule has 0 spiro atoms. The van der Waals surface area contributed by atoms with E-state index in [4.69, 9.17) is 15.7 Å². The zero-order valence-electron chi connectivity index (χ0n) is 10.8. The maximum absolute atomic E-state index is 9.12. The van der Waals surface area contributed by atoms with Crippen LogP contribution in [0.2, 0.25) is 0 Å². The number of ether oxygens (including phenoxy) is 1. The molecule has 0 fully saturated rings. The van der Waals surface area contributed by atoms with Crippen LogP contribution in [0, 0.1) is 18.3 Å². The number of benzene rings is 1. The summed E-state index contributed by atoms with van der Waals surface area (Å²) < 4.78 is 5.24. The molecule has 2 rings (SSSR count). The molecule has 0 radical (unpaired) electrons. The molecule has 5 heteroatoms. The van der Waals surface area contributed by atoms with Crippen molar-refractivity contribution in [2.75, 3.05) is 18.2 Å². The van der Waals surface area contributed by atoms with Crippen LogP contribution in [0.25, 0.3) is 0 Å². The normalized spacial score (nSPS) is 9.74. The van der Waals surface area contributed by atoms with Gasteiger partial charge in [-0.15, -0.1) is 0 Å². The second kappa shape index (κ2) is 5.27. The number of anilines is 3. The highest BCUT2D eigenvalue weighted by atomic mass is 16.5. The molecular formula is C14H14N4O. The van der Waals surface area contributed by atoms with Crippen LogP contribution in [0.5, 0.6) is 5.75 Å². The van der Waals surface area contributed by atoms with Crippen LogP contribution in [-0.4, -0.2) is 12.1 Å². The third kappa shape index (κ3) is 2.58. The number of nitrogens with two attached hydrogens (primary N) is 1. The summed E-state index contributed by atoms with van der Waals surface area (Å²) in [6.45, 7) is 1.88. The highest BCUT2D eigenvalue weighted by Gasteiger charge is 2.10. The number of rotatable bonds is 3. The lowest BCUT2D eigenvalue weighted by atomic mass is 10.1. The Morgan fingerprint density at radius 3 is 2.84 bits per heavy atom. The van der Waals surface area contributed by atoms with Gasteiger partial charge in [0.1, 0.15) is 23.3 Å². The van der Waals surface area contributed by atoms with Crippen molar-refractivity contribution in [1.29, 1.82) is 5.26 Å². The standard InChI is InChI=1S/C14H14N4O/c1-9-8-17-13(6-11(9)16)18-14-10(7-15)4-3-5-12(14)19-2/h3-6,8H,1-2H3,(H3,16,17,18). The summed E-state index contributed by atoms with van der Waals surface area (Å²) in [7, 11) is 1.55. The van der Waals surface area contributed by atoms with Crippen LogP contribution in [0.1, 0.15) is 11.1 Å². The number of hydrogen-bond acceptors (Lipinski definition) is 5. The number of pyridine rings is 1. The number of methoxy groups -OCH3 is 1. The van der Waals surface area contributed by atoms with Gasteiger partial charge in [0, 0.05) is 18.0 Å². The molecule has 0 aliphatic carbocycles. The topological polar surface area (TPSA) is 84.0 Å². The lowest BCUT2D eigenvalue weighted by Crippen LogP contribution is -2.01. The van der Waals surface area contributed by atoms with Gasteiger partial charge in [0.2, 0.25) is 0 Å². The van der Waals surface area contributed by atoms with Crippen molar-refractivity contribution >= 4 is 17.2 Å². The molecule has 5 nitrogen and oxygen atoms in total. The lowest BCUT2D eigenvalue weighted by Gasteiger charge is -2.12. The van der Waals surface area contributed by atoms with E-state index < -0.39 is 0 Å². The average molecular weight is 254 g/mol. The second-order valence-electron chi connectivity index (χ2n) is 4.05. The number of nitrogens with zero attached hydrogens (tertiary/aromatic N) is 2. The van der Waals surface area contributed by atoms with Gasteiger partial charge in [-0.2, -0.15) is 5.26 Å². The molecule has 2 aromatic rings. The van der Waals surface area contributed by atoms with Crippen LogP contribution in [0.3, 0.4) is 0 Å². The SMILES string of the molecule is COc1cccc(C#N)c1Nc1cc(N)c(C)cn1. The highest BCUT2D eigenvalue weighted by Crippen LogP contribution is 2.30.